The van der Waals surface area contributed by atoms with Crippen LogP contribution in [0.5, 0.6) is 5.75 Å². The monoisotopic (exact) mass is 355 g/mol. The summed E-state index contributed by atoms with van der Waals surface area (Å²) in [6.45, 7) is 6.17. The Hall–Kier alpha value is -3.00. The summed E-state index contributed by atoms with van der Waals surface area (Å²) in [6, 6.07) is 8.04. The predicted molar refractivity (Wildman–Crippen MR) is 96.8 cm³/mol. The first-order chi connectivity index (χ1) is 12.5. The quantitative estimate of drug-likeness (QED) is 0.602. The number of aromatic nitrogens is 2. The fraction of sp³-hybridized carbons (Fsp3) is 0.333. The van der Waals surface area contributed by atoms with Crippen molar-refractivity contribution in [2.45, 2.75) is 33.2 Å². The SMILES string of the molecule is CCOc1ccc(N2C(=O)CC(NNc3nc(C)cc(C)n3)C2=O)cc1. The molecule has 2 amide bonds. The van der Waals surface area contributed by atoms with E-state index in [0.717, 1.165) is 11.4 Å². The van der Waals surface area contributed by atoms with Gasteiger partial charge in [0.1, 0.15) is 11.8 Å². The topological polar surface area (TPSA) is 96.5 Å². The number of hydrazine groups is 1. The Morgan fingerprint density at radius 1 is 1.15 bits per heavy atom. The van der Waals surface area contributed by atoms with Gasteiger partial charge in [0.25, 0.3) is 5.91 Å². The third kappa shape index (κ3) is 3.80. The van der Waals surface area contributed by atoms with Crippen LogP contribution >= 0.6 is 0 Å². The maximum atomic E-state index is 12.6. The summed E-state index contributed by atoms with van der Waals surface area (Å²) in [5.41, 5.74) is 7.82. The van der Waals surface area contributed by atoms with Gasteiger partial charge in [0.15, 0.2) is 0 Å². The fourth-order valence-corrected chi connectivity index (χ4v) is 2.81. The number of amides is 2. The van der Waals surface area contributed by atoms with Crippen molar-refractivity contribution >= 4 is 23.5 Å². The van der Waals surface area contributed by atoms with Gasteiger partial charge in [-0.1, -0.05) is 0 Å². The Balaban J connectivity index is 1.68. The van der Waals surface area contributed by atoms with E-state index in [-0.39, 0.29) is 18.2 Å². The number of nitrogens with zero attached hydrogens (tertiary/aromatic N) is 3. The van der Waals surface area contributed by atoms with Crippen LogP contribution in [0.25, 0.3) is 0 Å². The second-order valence-corrected chi connectivity index (χ2v) is 5.99. The first kappa shape index (κ1) is 17.8. The molecule has 1 aliphatic heterocycles. The van der Waals surface area contributed by atoms with E-state index in [9.17, 15) is 9.59 Å². The van der Waals surface area contributed by atoms with E-state index in [1.54, 1.807) is 24.3 Å². The Morgan fingerprint density at radius 3 is 2.42 bits per heavy atom. The summed E-state index contributed by atoms with van der Waals surface area (Å²) in [5, 5.41) is 0. The van der Waals surface area contributed by atoms with Crippen LogP contribution in [-0.4, -0.2) is 34.4 Å². The van der Waals surface area contributed by atoms with Gasteiger partial charge in [0.05, 0.1) is 18.7 Å². The van der Waals surface area contributed by atoms with Crippen molar-refractivity contribution in [3.8, 4) is 5.75 Å². The highest BCUT2D eigenvalue weighted by Crippen LogP contribution is 2.25. The largest absolute Gasteiger partial charge is 0.494 e. The van der Waals surface area contributed by atoms with Crippen LogP contribution in [0.15, 0.2) is 30.3 Å². The molecule has 2 N–H and O–H groups in total. The first-order valence-electron chi connectivity index (χ1n) is 8.41. The fourth-order valence-electron chi connectivity index (χ4n) is 2.81. The highest BCUT2D eigenvalue weighted by atomic mass is 16.5. The van der Waals surface area contributed by atoms with E-state index in [0.29, 0.717) is 24.0 Å². The molecule has 1 aromatic carbocycles. The molecule has 0 saturated carbocycles. The van der Waals surface area contributed by atoms with Crippen molar-refractivity contribution in [2.75, 3.05) is 16.9 Å². The molecular weight excluding hydrogens is 334 g/mol. The average molecular weight is 355 g/mol. The van der Waals surface area contributed by atoms with Gasteiger partial charge >= 0.3 is 0 Å². The van der Waals surface area contributed by atoms with Crippen molar-refractivity contribution in [1.29, 1.82) is 0 Å². The van der Waals surface area contributed by atoms with Crippen LogP contribution in [0.1, 0.15) is 24.7 Å². The number of carbonyl (C=O) groups excluding carboxylic acids is 2. The molecule has 1 aliphatic rings. The van der Waals surface area contributed by atoms with E-state index >= 15 is 0 Å². The summed E-state index contributed by atoms with van der Waals surface area (Å²) in [5.74, 6) is 0.469. The normalized spacial score (nSPS) is 16.9. The van der Waals surface area contributed by atoms with Crippen LogP contribution in [0.4, 0.5) is 11.6 Å². The first-order valence-corrected chi connectivity index (χ1v) is 8.41. The summed E-state index contributed by atoms with van der Waals surface area (Å²) >= 11 is 0. The molecule has 1 unspecified atom stereocenters. The van der Waals surface area contributed by atoms with Crippen molar-refractivity contribution in [2.24, 2.45) is 0 Å². The summed E-state index contributed by atoms with van der Waals surface area (Å²) in [6.07, 6.45) is 0.0594. The maximum absolute atomic E-state index is 12.6. The average Bonchev–Trinajstić information content (AvgIpc) is 2.87. The maximum Gasteiger partial charge on any atom is 0.253 e. The Labute approximate surface area is 151 Å². The van der Waals surface area contributed by atoms with Crippen LogP contribution in [-0.2, 0) is 9.59 Å². The number of ether oxygens (including phenoxy) is 1. The molecule has 2 heterocycles. The lowest BCUT2D eigenvalue weighted by Crippen LogP contribution is -2.41. The van der Waals surface area contributed by atoms with Crippen LogP contribution in [0.3, 0.4) is 0 Å². The molecule has 1 fully saturated rings. The highest BCUT2D eigenvalue weighted by molar-refractivity contribution is 6.22. The minimum absolute atomic E-state index is 0.0594. The molecule has 2 aromatic rings. The van der Waals surface area contributed by atoms with Crippen LogP contribution in [0.2, 0.25) is 0 Å². The zero-order valence-electron chi connectivity index (χ0n) is 14.9. The molecule has 0 radical (unpaired) electrons. The molecule has 1 saturated heterocycles. The molecule has 26 heavy (non-hydrogen) atoms. The smallest absolute Gasteiger partial charge is 0.253 e. The van der Waals surface area contributed by atoms with E-state index in [2.05, 4.69) is 20.8 Å². The number of imide groups is 1. The number of aryl methyl sites for hydroxylation is 2. The molecule has 1 aromatic heterocycles. The van der Waals surface area contributed by atoms with Gasteiger partial charge in [-0.2, -0.15) is 0 Å². The zero-order chi connectivity index (χ0) is 18.7. The highest BCUT2D eigenvalue weighted by Gasteiger charge is 2.39. The zero-order valence-corrected chi connectivity index (χ0v) is 14.9. The standard InChI is InChI=1S/C18H21N5O3/c1-4-26-14-7-5-13(6-8-14)23-16(24)10-15(17(23)25)21-22-18-19-11(2)9-12(3)20-18/h5-9,15,21H,4,10H2,1-3H3,(H,19,20,22). The second-order valence-electron chi connectivity index (χ2n) is 5.99. The van der Waals surface area contributed by atoms with E-state index < -0.39 is 6.04 Å². The van der Waals surface area contributed by atoms with Gasteiger partial charge < -0.3 is 4.74 Å². The lowest BCUT2D eigenvalue weighted by Gasteiger charge is -2.16. The van der Waals surface area contributed by atoms with E-state index in [1.807, 2.05) is 26.8 Å². The Morgan fingerprint density at radius 2 is 1.81 bits per heavy atom. The number of benzene rings is 1. The van der Waals surface area contributed by atoms with Gasteiger partial charge in [-0.25, -0.2) is 20.3 Å². The van der Waals surface area contributed by atoms with Gasteiger partial charge in [-0.05, 0) is 51.1 Å². The van der Waals surface area contributed by atoms with Gasteiger partial charge in [0, 0.05) is 11.4 Å². The van der Waals surface area contributed by atoms with E-state index in [1.165, 1.54) is 4.90 Å². The Bertz CT molecular complexity index is 802. The molecule has 8 heteroatoms. The van der Waals surface area contributed by atoms with Crippen LogP contribution < -0.4 is 20.5 Å². The molecular formula is C18H21N5O3. The summed E-state index contributed by atoms with van der Waals surface area (Å²) in [4.78, 5) is 34.6. The molecule has 0 bridgehead atoms. The predicted octanol–water partition coefficient (Wildman–Crippen LogP) is 1.74. The number of carbonyl (C=O) groups is 2. The van der Waals surface area contributed by atoms with Crippen molar-refractivity contribution in [3.05, 3.63) is 41.7 Å². The minimum Gasteiger partial charge on any atom is -0.494 e. The number of nitrogens with one attached hydrogen (secondary N) is 2. The lowest BCUT2D eigenvalue weighted by atomic mass is 10.2. The molecule has 0 spiro atoms. The van der Waals surface area contributed by atoms with Gasteiger partial charge in [0.2, 0.25) is 11.9 Å². The third-order valence-electron chi connectivity index (χ3n) is 3.89. The molecule has 0 aliphatic carbocycles. The number of hydrogen-bond acceptors (Lipinski definition) is 7. The molecule has 3 rings (SSSR count). The van der Waals surface area contributed by atoms with Crippen molar-refractivity contribution in [1.82, 2.24) is 15.4 Å². The van der Waals surface area contributed by atoms with Crippen LogP contribution in [0, 0.1) is 13.8 Å². The number of anilines is 2. The second kappa shape index (κ2) is 7.49. The Kier molecular flexibility index (Phi) is 5.13. The van der Waals surface area contributed by atoms with Gasteiger partial charge in [-0.15, -0.1) is 0 Å². The summed E-state index contributed by atoms with van der Waals surface area (Å²) in [7, 11) is 0. The molecule has 136 valence electrons. The third-order valence-corrected chi connectivity index (χ3v) is 3.89. The van der Waals surface area contributed by atoms with Crippen molar-refractivity contribution < 1.29 is 14.3 Å². The number of hydrogen-bond donors (Lipinski definition) is 2. The lowest BCUT2D eigenvalue weighted by molar-refractivity contribution is -0.121. The molecule has 8 nitrogen and oxygen atoms in total. The van der Waals surface area contributed by atoms with Crippen molar-refractivity contribution in [3.63, 3.8) is 0 Å². The number of rotatable bonds is 6. The van der Waals surface area contributed by atoms with E-state index in [4.69, 9.17) is 4.74 Å². The summed E-state index contributed by atoms with van der Waals surface area (Å²) < 4.78 is 5.38. The minimum atomic E-state index is -0.682. The molecule has 1 atom stereocenters. The van der Waals surface area contributed by atoms with Gasteiger partial charge in [-0.3, -0.25) is 15.0 Å².